The number of nitrogens with one attached hydrogen (secondary N) is 1. The lowest BCUT2D eigenvalue weighted by Crippen LogP contribution is -2.65. The Morgan fingerprint density at radius 3 is 2.59 bits per heavy atom. The van der Waals surface area contributed by atoms with Gasteiger partial charge in [-0.2, -0.15) is 5.10 Å². The second kappa shape index (κ2) is 8.94. The lowest BCUT2D eigenvalue weighted by atomic mass is 9.93. The number of thiophene rings is 1. The van der Waals surface area contributed by atoms with E-state index in [2.05, 4.69) is 10.4 Å². The van der Waals surface area contributed by atoms with Crippen LogP contribution >= 0.6 is 11.3 Å². The third-order valence-electron chi connectivity index (χ3n) is 6.76. The van der Waals surface area contributed by atoms with Gasteiger partial charge >= 0.3 is 0 Å². The highest BCUT2D eigenvalue weighted by Gasteiger charge is 2.50. The Bertz CT molecular complexity index is 1220. The molecule has 3 heterocycles. The third kappa shape index (κ3) is 4.02. The maximum Gasteiger partial charge on any atom is 0.277 e. The number of carbonyl (C=O) groups is 2. The molecule has 0 spiro atoms. The minimum Gasteiger partial charge on any atom is -0.351 e. The Labute approximate surface area is 200 Å². The average Bonchev–Trinajstić information content (AvgIpc) is 3.41. The average molecular weight is 485 g/mol. The van der Waals surface area contributed by atoms with Crippen LogP contribution in [0.2, 0.25) is 0 Å². The molecule has 2 amide bonds. The molecule has 1 aromatic carbocycles. The van der Waals surface area contributed by atoms with Crippen molar-refractivity contribution in [3.63, 3.8) is 0 Å². The number of hydrogen-bond donors (Lipinski definition) is 1. The Hall–Kier alpha value is -3.07. The molecule has 1 unspecified atom stereocenters. The fourth-order valence-electron chi connectivity index (χ4n) is 4.93. The Balaban J connectivity index is 1.57. The summed E-state index contributed by atoms with van der Waals surface area (Å²) < 4.78 is 30.1. The molecule has 0 bridgehead atoms. The van der Waals surface area contributed by atoms with Crippen LogP contribution in [0.3, 0.4) is 0 Å². The van der Waals surface area contributed by atoms with Crippen LogP contribution in [-0.2, 0) is 11.3 Å². The summed E-state index contributed by atoms with van der Waals surface area (Å²) in [6, 6.07) is 8.50. The molecule has 5 rings (SSSR count). The Kier molecular flexibility index (Phi) is 5.97. The van der Waals surface area contributed by atoms with Crippen molar-refractivity contribution in [3.8, 4) is 10.6 Å². The van der Waals surface area contributed by atoms with E-state index in [0.717, 1.165) is 55.5 Å². The number of hydrogen-bond acceptors (Lipinski definition) is 4. The largest absolute Gasteiger partial charge is 0.351 e. The summed E-state index contributed by atoms with van der Waals surface area (Å²) in [5, 5.41) is 9.63. The van der Waals surface area contributed by atoms with Crippen LogP contribution in [0.4, 0.5) is 14.5 Å². The molecule has 1 N–H and O–H groups in total. The summed E-state index contributed by atoms with van der Waals surface area (Å²) in [6.45, 7) is 1.67. The highest BCUT2D eigenvalue weighted by molar-refractivity contribution is 7.13. The van der Waals surface area contributed by atoms with Crippen molar-refractivity contribution in [1.82, 2.24) is 15.1 Å². The van der Waals surface area contributed by atoms with Gasteiger partial charge in [-0.25, -0.2) is 8.78 Å². The number of carbonyl (C=O) groups excluding carboxylic acids is 2. The van der Waals surface area contributed by atoms with Crippen LogP contribution in [0.25, 0.3) is 10.6 Å². The molecule has 9 heteroatoms. The molecule has 2 aliphatic rings. The number of benzene rings is 1. The van der Waals surface area contributed by atoms with Crippen molar-refractivity contribution in [1.29, 1.82) is 0 Å². The maximum atomic E-state index is 14.9. The second-order valence-electron chi connectivity index (χ2n) is 9.22. The molecule has 2 aromatic heterocycles. The van der Waals surface area contributed by atoms with Gasteiger partial charge < -0.3 is 5.32 Å². The molecule has 34 heavy (non-hydrogen) atoms. The highest BCUT2D eigenvalue weighted by atomic mass is 32.1. The molecule has 6 nitrogen and oxygen atoms in total. The molecule has 1 fully saturated rings. The molecule has 1 atom stereocenters. The van der Waals surface area contributed by atoms with Crippen LogP contribution in [0, 0.1) is 11.6 Å². The maximum absolute atomic E-state index is 14.9. The van der Waals surface area contributed by atoms with Crippen molar-refractivity contribution in [2.24, 2.45) is 0 Å². The van der Waals surface area contributed by atoms with Crippen molar-refractivity contribution < 1.29 is 18.4 Å². The summed E-state index contributed by atoms with van der Waals surface area (Å²) in [4.78, 5) is 29.5. The molecule has 1 aliphatic carbocycles. The van der Waals surface area contributed by atoms with Crippen molar-refractivity contribution in [3.05, 3.63) is 59.1 Å². The minimum atomic E-state index is -1.45. The summed E-state index contributed by atoms with van der Waals surface area (Å²) in [5.41, 5.74) is -0.707. The highest BCUT2D eigenvalue weighted by Crippen LogP contribution is 2.36. The molecule has 0 saturated heterocycles. The van der Waals surface area contributed by atoms with Gasteiger partial charge in [-0.05, 0) is 49.4 Å². The monoisotopic (exact) mass is 484 g/mol. The summed E-state index contributed by atoms with van der Waals surface area (Å²) in [6.07, 6.45) is 6.08. The molecular weight excluding hydrogens is 458 g/mol. The van der Waals surface area contributed by atoms with E-state index in [4.69, 9.17) is 0 Å². The summed E-state index contributed by atoms with van der Waals surface area (Å²) >= 11 is 1.49. The molecule has 3 aromatic rings. The first-order chi connectivity index (χ1) is 16.4. The van der Waals surface area contributed by atoms with Crippen LogP contribution in [0.5, 0.6) is 0 Å². The second-order valence-corrected chi connectivity index (χ2v) is 10.2. The van der Waals surface area contributed by atoms with Gasteiger partial charge in [0.05, 0.1) is 17.1 Å². The van der Waals surface area contributed by atoms with Crippen molar-refractivity contribution in [2.45, 2.75) is 63.6 Å². The summed E-state index contributed by atoms with van der Waals surface area (Å²) in [7, 11) is 0. The van der Waals surface area contributed by atoms with E-state index in [1.54, 1.807) is 13.0 Å². The molecule has 178 valence electrons. The van der Waals surface area contributed by atoms with E-state index < -0.39 is 23.1 Å². The van der Waals surface area contributed by atoms with Crippen LogP contribution in [0.1, 0.15) is 55.9 Å². The van der Waals surface area contributed by atoms with E-state index in [-0.39, 0.29) is 29.9 Å². The number of amides is 2. The van der Waals surface area contributed by atoms with E-state index >= 15 is 0 Å². The number of rotatable bonds is 4. The van der Waals surface area contributed by atoms with Gasteiger partial charge in [0.25, 0.3) is 5.91 Å². The number of anilines is 1. The number of halogens is 2. The van der Waals surface area contributed by atoms with Crippen molar-refractivity contribution in [2.75, 3.05) is 4.90 Å². The zero-order valence-electron chi connectivity index (χ0n) is 18.9. The van der Waals surface area contributed by atoms with Crippen molar-refractivity contribution >= 4 is 28.8 Å². The lowest BCUT2D eigenvalue weighted by molar-refractivity contribution is -0.127. The fraction of sp³-hybridized carbons (Fsp3) is 0.400. The zero-order chi connectivity index (χ0) is 23.9. The van der Waals surface area contributed by atoms with Gasteiger partial charge in [0, 0.05) is 12.1 Å². The van der Waals surface area contributed by atoms with Crippen LogP contribution in [0.15, 0.2) is 41.8 Å². The number of fused-ring (bicyclic) bond motifs is 1. The molecular formula is C25H26F2N4O2S. The van der Waals surface area contributed by atoms with Gasteiger partial charge in [-0.3, -0.25) is 19.2 Å². The topological polar surface area (TPSA) is 67.2 Å². The number of aromatic nitrogens is 2. The molecule has 0 radical (unpaired) electrons. The lowest BCUT2D eigenvalue weighted by Gasteiger charge is -2.43. The van der Waals surface area contributed by atoms with E-state index in [1.807, 2.05) is 17.5 Å². The van der Waals surface area contributed by atoms with Gasteiger partial charge in [0.15, 0.2) is 0 Å². The quantitative estimate of drug-likeness (QED) is 0.521. The van der Waals surface area contributed by atoms with Gasteiger partial charge in [0.1, 0.15) is 28.6 Å². The smallest absolute Gasteiger partial charge is 0.277 e. The first-order valence-electron chi connectivity index (χ1n) is 11.6. The molecule has 1 aliphatic heterocycles. The van der Waals surface area contributed by atoms with Gasteiger partial charge in [-0.1, -0.05) is 31.7 Å². The van der Waals surface area contributed by atoms with Gasteiger partial charge in [-0.15, -0.1) is 11.3 Å². The van der Waals surface area contributed by atoms with Crippen LogP contribution in [-0.4, -0.2) is 33.2 Å². The first kappa shape index (κ1) is 22.7. The van der Waals surface area contributed by atoms with E-state index in [9.17, 15) is 18.4 Å². The summed E-state index contributed by atoms with van der Waals surface area (Å²) in [5.74, 6) is -2.56. The predicted octanol–water partition coefficient (Wildman–Crippen LogP) is 5.15. The third-order valence-corrected chi connectivity index (χ3v) is 7.65. The van der Waals surface area contributed by atoms with E-state index in [1.165, 1.54) is 27.0 Å². The Morgan fingerprint density at radius 2 is 1.91 bits per heavy atom. The Morgan fingerprint density at radius 1 is 1.15 bits per heavy atom. The zero-order valence-corrected chi connectivity index (χ0v) is 19.7. The molecule has 1 saturated carbocycles. The normalized spacial score (nSPS) is 21.3. The fourth-order valence-corrected chi connectivity index (χ4v) is 5.61. The number of nitrogens with zero attached hydrogens (tertiary/aromatic N) is 3. The first-order valence-corrected chi connectivity index (χ1v) is 12.5. The van der Waals surface area contributed by atoms with Crippen LogP contribution < -0.4 is 10.2 Å². The SMILES string of the molecule is CC1(C(=O)NC2CCCCCC2)Cn2nc(-c3cccs3)cc2C(=O)N1c1ccc(F)cc1F. The van der Waals surface area contributed by atoms with E-state index in [0.29, 0.717) is 5.69 Å². The van der Waals surface area contributed by atoms with Gasteiger partial charge in [0.2, 0.25) is 5.91 Å². The minimum absolute atomic E-state index is 0.00235. The standard InChI is InChI=1S/C25H26F2N4O2S/c1-25(24(33)28-17-7-4-2-3-5-8-17)15-30-21(14-19(29-30)22-9-6-12-34-22)23(32)31(25)20-11-10-16(26)13-18(20)27/h6,9-14,17H,2-5,7-8,15H2,1H3,(H,28,33). The predicted molar refractivity (Wildman–Crippen MR) is 127 cm³/mol.